The Bertz CT molecular complexity index is 555. The molecule has 19 heavy (non-hydrogen) atoms. The molecule has 0 aromatic heterocycles. The molecule has 1 amide bonds. The molecule has 0 saturated carbocycles. The van der Waals surface area contributed by atoms with Crippen LogP contribution in [0.5, 0.6) is 0 Å². The van der Waals surface area contributed by atoms with Crippen molar-refractivity contribution in [2.45, 2.75) is 6.42 Å². The normalized spacial score (nSPS) is 11.1. The van der Waals surface area contributed by atoms with Crippen LogP contribution in [-0.4, -0.2) is 39.9 Å². The number of rotatable bonds is 6. The van der Waals surface area contributed by atoms with Crippen molar-refractivity contribution in [2.24, 2.45) is 0 Å². The van der Waals surface area contributed by atoms with Gasteiger partial charge in [-0.25, -0.2) is 8.42 Å². The van der Waals surface area contributed by atoms with Crippen molar-refractivity contribution in [3.05, 3.63) is 23.8 Å². The lowest BCUT2D eigenvalue weighted by atomic mass is 10.1. The van der Waals surface area contributed by atoms with Crippen molar-refractivity contribution in [3.8, 4) is 0 Å². The monoisotopic (exact) mass is 285 g/mol. The van der Waals surface area contributed by atoms with E-state index in [9.17, 15) is 13.2 Å². The van der Waals surface area contributed by atoms with Crippen LogP contribution >= 0.6 is 0 Å². The number of sulfone groups is 1. The lowest BCUT2D eigenvalue weighted by Crippen LogP contribution is -2.18. The molecule has 0 aliphatic heterocycles. The minimum Gasteiger partial charge on any atom is -0.397 e. The van der Waals surface area contributed by atoms with E-state index in [-0.39, 0.29) is 11.7 Å². The van der Waals surface area contributed by atoms with Crippen LogP contribution in [0.25, 0.3) is 0 Å². The molecule has 1 rings (SSSR count). The Kier molecular flexibility index (Phi) is 5.17. The molecular weight excluding hydrogens is 266 g/mol. The van der Waals surface area contributed by atoms with E-state index >= 15 is 0 Å². The SMILES string of the molecule is CNC(=O)c1ccc(NCCCS(C)(=O)=O)c(N)c1. The highest BCUT2D eigenvalue weighted by Crippen LogP contribution is 2.19. The van der Waals surface area contributed by atoms with Gasteiger partial charge < -0.3 is 16.4 Å². The minimum absolute atomic E-state index is 0.135. The number of hydrogen-bond donors (Lipinski definition) is 3. The Morgan fingerprint density at radius 1 is 1.37 bits per heavy atom. The van der Waals surface area contributed by atoms with Gasteiger partial charge in [0.1, 0.15) is 9.84 Å². The molecule has 0 saturated heterocycles. The van der Waals surface area contributed by atoms with E-state index in [0.717, 1.165) is 0 Å². The summed E-state index contributed by atoms with van der Waals surface area (Å²) in [5.74, 6) is -0.0636. The van der Waals surface area contributed by atoms with E-state index in [2.05, 4.69) is 10.6 Å². The summed E-state index contributed by atoms with van der Waals surface area (Å²) < 4.78 is 21.9. The van der Waals surface area contributed by atoms with Crippen LogP contribution in [0.3, 0.4) is 0 Å². The third kappa shape index (κ3) is 5.17. The minimum atomic E-state index is -2.93. The molecule has 1 aromatic carbocycles. The van der Waals surface area contributed by atoms with E-state index in [1.54, 1.807) is 25.2 Å². The van der Waals surface area contributed by atoms with Gasteiger partial charge in [0.05, 0.1) is 17.1 Å². The van der Waals surface area contributed by atoms with Gasteiger partial charge in [-0.1, -0.05) is 0 Å². The standard InChI is InChI=1S/C12H19N3O3S/c1-14-12(16)9-4-5-11(10(13)8-9)15-6-3-7-19(2,17)18/h4-5,8,15H,3,6-7,13H2,1-2H3,(H,14,16). The van der Waals surface area contributed by atoms with Crippen molar-refractivity contribution in [3.63, 3.8) is 0 Å². The van der Waals surface area contributed by atoms with E-state index in [1.807, 2.05) is 0 Å². The Hall–Kier alpha value is -1.76. The molecular formula is C12H19N3O3S. The molecule has 0 fully saturated rings. The Morgan fingerprint density at radius 3 is 2.58 bits per heavy atom. The van der Waals surface area contributed by atoms with Gasteiger partial charge in [-0.05, 0) is 24.6 Å². The van der Waals surface area contributed by atoms with Gasteiger partial charge in [-0.2, -0.15) is 0 Å². The second-order valence-electron chi connectivity index (χ2n) is 4.29. The number of nitrogens with one attached hydrogen (secondary N) is 2. The van der Waals surface area contributed by atoms with Gasteiger partial charge in [0.2, 0.25) is 0 Å². The van der Waals surface area contributed by atoms with Crippen LogP contribution in [0, 0.1) is 0 Å². The fourth-order valence-electron chi connectivity index (χ4n) is 1.57. The molecule has 0 unspecified atom stereocenters. The number of nitrogens with two attached hydrogens (primary N) is 1. The van der Waals surface area contributed by atoms with Crippen LogP contribution in [0.15, 0.2) is 18.2 Å². The van der Waals surface area contributed by atoms with E-state index in [1.165, 1.54) is 6.26 Å². The zero-order chi connectivity index (χ0) is 14.5. The second-order valence-corrected chi connectivity index (χ2v) is 6.55. The molecule has 4 N–H and O–H groups in total. The molecule has 106 valence electrons. The maximum absolute atomic E-state index is 11.4. The van der Waals surface area contributed by atoms with E-state index in [0.29, 0.717) is 29.9 Å². The Balaban J connectivity index is 2.58. The van der Waals surface area contributed by atoms with Gasteiger partial charge >= 0.3 is 0 Å². The first-order valence-electron chi connectivity index (χ1n) is 5.86. The molecule has 0 heterocycles. The number of nitrogen functional groups attached to an aromatic ring is 1. The van der Waals surface area contributed by atoms with Crippen LogP contribution in [0.1, 0.15) is 16.8 Å². The Morgan fingerprint density at radius 2 is 2.05 bits per heavy atom. The lowest BCUT2D eigenvalue weighted by molar-refractivity contribution is 0.0963. The highest BCUT2D eigenvalue weighted by Gasteiger charge is 2.06. The summed E-state index contributed by atoms with van der Waals surface area (Å²) in [6.07, 6.45) is 1.72. The molecule has 0 atom stereocenters. The summed E-state index contributed by atoms with van der Waals surface area (Å²) in [4.78, 5) is 11.4. The smallest absolute Gasteiger partial charge is 0.251 e. The predicted molar refractivity (Wildman–Crippen MR) is 77.1 cm³/mol. The van der Waals surface area contributed by atoms with Gasteiger partial charge in [-0.15, -0.1) is 0 Å². The largest absolute Gasteiger partial charge is 0.397 e. The molecule has 0 radical (unpaired) electrons. The quantitative estimate of drug-likeness (QED) is 0.521. The predicted octanol–water partition coefficient (Wildman–Crippen LogP) is 0.475. The lowest BCUT2D eigenvalue weighted by Gasteiger charge is -2.10. The van der Waals surface area contributed by atoms with Crippen molar-refractivity contribution < 1.29 is 13.2 Å². The summed E-state index contributed by atoms with van der Waals surface area (Å²) >= 11 is 0. The average molecular weight is 285 g/mol. The van der Waals surface area contributed by atoms with E-state index < -0.39 is 9.84 Å². The third-order valence-corrected chi connectivity index (χ3v) is 3.58. The fourth-order valence-corrected chi connectivity index (χ4v) is 2.24. The van der Waals surface area contributed by atoms with Gasteiger partial charge in [-0.3, -0.25) is 4.79 Å². The van der Waals surface area contributed by atoms with Crippen LogP contribution in [0.4, 0.5) is 11.4 Å². The molecule has 6 nitrogen and oxygen atoms in total. The summed E-state index contributed by atoms with van der Waals surface area (Å²) in [6, 6.07) is 4.95. The molecule has 0 bridgehead atoms. The molecule has 1 aromatic rings. The summed E-state index contributed by atoms with van der Waals surface area (Å²) in [5.41, 5.74) is 7.46. The van der Waals surface area contributed by atoms with Crippen molar-refractivity contribution in [1.82, 2.24) is 5.32 Å². The molecule has 7 heteroatoms. The first-order chi connectivity index (χ1) is 8.83. The number of benzene rings is 1. The summed E-state index contributed by atoms with van der Waals surface area (Å²) in [6.45, 7) is 0.511. The summed E-state index contributed by atoms with van der Waals surface area (Å²) in [7, 11) is -1.38. The van der Waals surface area contributed by atoms with Crippen molar-refractivity contribution >= 4 is 27.1 Å². The average Bonchev–Trinajstić information content (AvgIpc) is 2.33. The third-order valence-electron chi connectivity index (χ3n) is 2.55. The number of carbonyl (C=O) groups excluding carboxylic acids is 1. The number of amides is 1. The highest BCUT2D eigenvalue weighted by atomic mass is 32.2. The van der Waals surface area contributed by atoms with Crippen LogP contribution in [0.2, 0.25) is 0 Å². The van der Waals surface area contributed by atoms with E-state index in [4.69, 9.17) is 5.73 Å². The number of anilines is 2. The first-order valence-corrected chi connectivity index (χ1v) is 7.93. The topological polar surface area (TPSA) is 101 Å². The molecule has 0 spiro atoms. The second kappa shape index (κ2) is 6.42. The van der Waals surface area contributed by atoms with Crippen molar-refractivity contribution in [1.29, 1.82) is 0 Å². The van der Waals surface area contributed by atoms with Gasteiger partial charge in [0, 0.05) is 25.4 Å². The highest BCUT2D eigenvalue weighted by molar-refractivity contribution is 7.90. The van der Waals surface area contributed by atoms with Crippen LogP contribution in [-0.2, 0) is 9.84 Å². The summed E-state index contributed by atoms with van der Waals surface area (Å²) in [5, 5.41) is 5.56. The number of hydrogen-bond acceptors (Lipinski definition) is 5. The zero-order valence-corrected chi connectivity index (χ0v) is 11.9. The molecule has 0 aliphatic rings. The Labute approximate surface area is 113 Å². The fraction of sp³-hybridized carbons (Fsp3) is 0.417. The zero-order valence-electron chi connectivity index (χ0n) is 11.1. The molecule has 0 aliphatic carbocycles. The van der Waals surface area contributed by atoms with Crippen molar-refractivity contribution in [2.75, 3.05) is 36.7 Å². The van der Waals surface area contributed by atoms with Gasteiger partial charge in [0.25, 0.3) is 5.91 Å². The number of carbonyl (C=O) groups is 1. The maximum Gasteiger partial charge on any atom is 0.251 e. The van der Waals surface area contributed by atoms with Gasteiger partial charge in [0.15, 0.2) is 0 Å². The first kappa shape index (κ1) is 15.3. The maximum atomic E-state index is 11.4. The van der Waals surface area contributed by atoms with Crippen LogP contribution < -0.4 is 16.4 Å².